The van der Waals surface area contributed by atoms with Crippen molar-refractivity contribution in [3.8, 4) is 0 Å². The maximum Gasteiger partial charge on any atom is 0.313 e. The van der Waals surface area contributed by atoms with Crippen LogP contribution in [0.5, 0.6) is 0 Å². The number of carbonyl (C=O) groups excluding carboxylic acids is 1. The second kappa shape index (κ2) is 6.27. The van der Waals surface area contributed by atoms with E-state index in [-0.39, 0.29) is 11.9 Å². The van der Waals surface area contributed by atoms with Gasteiger partial charge in [0.2, 0.25) is 0 Å². The van der Waals surface area contributed by atoms with E-state index in [1.54, 1.807) is 0 Å². The molecule has 2 nitrogen and oxygen atoms in total. The van der Waals surface area contributed by atoms with Gasteiger partial charge in [0.15, 0.2) is 0 Å². The summed E-state index contributed by atoms with van der Waals surface area (Å²) in [5.41, 5.74) is 1.99. The lowest BCUT2D eigenvalue weighted by atomic mass is 9.84. The minimum atomic E-state index is -0.230. The Morgan fingerprint density at radius 1 is 1.42 bits per heavy atom. The lowest BCUT2D eigenvalue weighted by Gasteiger charge is -2.23. The van der Waals surface area contributed by atoms with Crippen molar-refractivity contribution in [3.05, 3.63) is 32.8 Å². The molecule has 1 saturated carbocycles. The van der Waals surface area contributed by atoms with E-state index in [4.69, 9.17) is 16.3 Å². The fourth-order valence-electron chi connectivity index (χ4n) is 2.91. The normalized spacial score (nSPS) is 17.5. The van der Waals surface area contributed by atoms with Crippen molar-refractivity contribution < 1.29 is 9.53 Å². The molecule has 1 atom stereocenters. The van der Waals surface area contributed by atoms with E-state index in [0.29, 0.717) is 10.9 Å². The van der Waals surface area contributed by atoms with E-state index in [2.05, 4.69) is 15.9 Å². The zero-order chi connectivity index (χ0) is 14.0. The van der Waals surface area contributed by atoms with Crippen molar-refractivity contribution in [1.82, 2.24) is 0 Å². The monoisotopic (exact) mass is 344 g/mol. The first-order valence-corrected chi connectivity index (χ1v) is 7.75. The zero-order valence-electron chi connectivity index (χ0n) is 11.2. The topological polar surface area (TPSA) is 26.3 Å². The zero-order valence-corrected chi connectivity index (χ0v) is 13.6. The fraction of sp³-hybridized carbons (Fsp3) is 0.533. The molecule has 19 heavy (non-hydrogen) atoms. The summed E-state index contributed by atoms with van der Waals surface area (Å²) < 4.78 is 5.96. The molecular weight excluding hydrogens is 328 g/mol. The molecule has 0 spiro atoms. The van der Waals surface area contributed by atoms with Crippen LogP contribution in [-0.2, 0) is 9.53 Å². The first-order chi connectivity index (χ1) is 9.04. The van der Waals surface area contributed by atoms with Gasteiger partial charge < -0.3 is 4.74 Å². The standard InChI is InChI=1S/C15H18BrClO2/c1-9-7-11(13(17)8-12(9)16)14(15(18)19-2)10-5-3-4-6-10/h7-8,10,14H,3-6H2,1-2H3/t14-/m1/s1. The van der Waals surface area contributed by atoms with Crippen molar-refractivity contribution >= 4 is 33.5 Å². The average molecular weight is 346 g/mol. The van der Waals surface area contributed by atoms with Crippen LogP contribution in [0, 0.1) is 12.8 Å². The highest BCUT2D eigenvalue weighted by Crippen LogP contribution is 2.41. The third kappa shape index (κ3) is 3.14. The van der Waals surface area contributed by atoms with Gasteiger partial charge in [-0.1, -0.05) is 46.4 Å². The number of ether oxygens (including phenoxy) is 1. The predicted molar refractivity (Wildman–Crippen MR) is 80.6 cm³/mol. The Morgan fingerprint density at radius 3 is 2.63 bits per heavy atom. The minimum absolute atomic E-state index is 0.171. The molecule has 0 bridgehead atoms. The van der Waals surface area contributed by atoms with E-state index >= 15 is 0 Å². The molecule has 1 aromatic rings. The summed E-state index contributed by atoms with van der Waals surface area (Å²) in [5.74, 6) is -0.0483. The Bertz CT molecular complexity index is 481. The van der Waals surface area contributed by atoms with Crippen LogP contribution in [-0.4, -0.2) is 13.1 Å². The molecule has 1 aromatic carbocycles. The number of hydrogen-bond donors (Lipinski definition) is 0. The molecule has 0 amide bonds. The first kappa shape index (κ1) is 14.9. The number of hydrogen-bond acceptors (Lipinski definition) is 2. The van der Waals surface area contributed by atoms with Gasteiger partial charge in [-0.05, 0) is 42.9 Å². The molecule has 0 saturated heterocycles. The summed E-state index contributed by atoms with van der Waals surface area (Å²) in [7, 11) is 1.45. The third-order valence-electron chi connectivity index (χ3n) is 3.94. The van der Waals surface area contributed by atoms with Crippen LogP contribution < -0.4 is 0 Å². The van der Waals surface area contributed by atoms with Gasteiger partial charge in [-0.25, -0.2) is 0 Å². The maximum absolute atomic E-state index is 12.2. The van der Waals surface area contributed by atoms with Crippen molar-refractivity contribution in [2.45, 2.75) is 38.5 Å². The van der Waals surface area contributed by atoms with Crippen LogP contribution in [0.4, 0.5) is 0 Å². The van der Waals surface area contributed by atoms with Crippen LogP contribution in [0.15, 0.2) is 16.6 Å². The summed E-state index contributed by atoms with van der Waals surface area (Å²) in [5, 5.41) is 0.639. The molecule has 4 heteroatoms. The second-order valence-electron chi connectivity index (χ2n) is 5.17. The number of halogens is 2. The largest absolute Gasteiger partial charge is 0.469 e. The van der Waals surface area contributed by atoms with Gasteiger partial charge in [-0.15, -0.1) is 0 Å². The number of rotatable bonds is 3. The van der Waals surface area contributed by atoms with Gasteiger partial charge in [0, 0.05) is 9.50 Å². The Morgan fingerprint density at radius 2 is 2.05 bits per heavy atom. The summed E-state index contributed by atoms with van der Waals surface area (Å²) in [6.45, 7) is 2.01. The van der Waals surface area contributed by atoms with E-state index in [9.17, 15) is 4.79 Å². The summed E-state index contributed by atoms with van der Waals surface area (Å²) in [6.07, 6.45) is 4.52. The number of aryl methyl sites for hydroxylation is 1. The lowest BCUT2D eigenvalue weighted by Crippen LogP contribution is -2.22. The van der Waals surface area contributed by atoms with E-state index in [1.165, 1.54) is 20.0 Å². The smallest absolute Gasteiger partial charge is 0.313 e. The van der Waals surface area contributed by atoms with Crippen LogP contribution >= 0.6 is 27.5 Å². The Labute approximate surface area is 127 Å². The molecule has 1 fully saturated rings. The van der Waals surface area contributed by atoms with Gasteiger partial charge in [0.25, 0.3) is 0 Å². The van der Waals surface area contributed by atoms with Crippen LogP contribution in [0.3, 0.4) is 0 Å². The highest BCUT2D eigenvalue weighted by atomic mass is 79.9. The van der Waals surface area contributed by atoms with Gasteiger partial charge in [-0.2, -0.15) is 0 Å². The molecule has 104 valence electrons. The molecule has 0 aliphatic heterocycles. The van der Waals surface area contributed by atoms with Crippen LogP contribution in [0.1, 0.15) is 42.7 Å². The lowest BCUT2D eigenvalue weighted by molar-refractivity contribution is -0.143. The van der Waals surface area contributed by atoms with Crippen LogP contribution in [0.25, 0.3) is 0 Å². The van der Waals surface area contributed by atoms with Crippen LogP contribution in [0.2, 0.25) is 5.02 Å². The molecule has 0 unspecified atom stereocenters. The molecule has 2 rings (SSSR count). The number of esters is 1. The Hall–Kier alpha value is -0.540. The van der Waals surface area contributed by atoms with Gasteiger partial charge in [0.1, 0.15) is 0 Å². The highest BCUT2D eigenvalue weighted by Gasteiger charge is 2.34. The minimum Gasteiger partial charge on any atom is -0.469 e. The summed E-state index contributed by atoms with van der Waals surface area (Å²) in [4.78, 5) is 12.2. The van der Waals surface area contributed by atoms with Crippen molar-refractivity contribution in [2.24, 2.45) is 5.92 Å². The summed E-state index contributed by atoms with van der Waals surface area (Å²) in [6, 6.07) is 3.88. The first-order valence-electron chi connectivity index (χ1n) is 6.58. The van der Waals surface area contributed by atoms with Crippen molar-refractivity contribution in [1.29, 1.82) is 0 Å². The molecule has 0 aromatic heterocycles. The Balaban J connectivity index is 2.42. The molecular formula is C15H18BrClO2. The third-order valence-corrected chi connectivity index (χ3v) is 5.12. The number of benzene rings is 1. The van der Waals surface area contributed by atoms with Gasteiger partial charge in [0.05, 0.1) is 13.0 Å². The van der Waals surface area contributed by atoms with E-state index in [0.717, 1.165) is 28.4 Å². The SMILES string of the molecule is COC(=O)[C@@H](c1cc(C)c(Br)cc1Cl)C1CCCC1. The average Bonchev–Trinajstić information content (AvgIpc) is 2.89. The van der Waals surface area contributed by atoms with E-state index in [1.807, 2.05) is 19.1 Å². The number of carbonyl (C=O) groups is 1. The Kier molecular flexibility index (Phi) is 4.91. The molecule has 1 aliphatic carbocycles. The van der Waals surface area contributed by atoms with Gasteiger partial charge >= 0.3 is 5.97 Å². The molecule has 1 aliphatic rings. The maximum atomic E-state index is 12.2. The predicted octanol–water partition coefficient (Wildman–Crippen LogP) is 4.86. The second-order valence-corrected chi connectivity index (χ2v) is 6.43. The molecule has 0 N–H and O–H groups in total. The number of methoxy groups -OCH3 is 1. The fourth-order valence-corrected chi connectivity index (χ4v) is 3.67. The van der Waals surface area contributed by atoms with Crippen molar-refractivity contribution in [3.63, 3.8) is 0 Å². The quantitative estimate of drug-likeness (QED) is 0.731. The highest BCUT2D eigenvalue weighted by molar-refractivity contribution is 9.10. The van der Waals surface area contributed by atoms with E-state index < -0.39 is 0 Å². The van der Waals surface area contributed by atoms with Crippen molar-refractivity contribution in [2.75, 3.05) is 7.11 Å². The van der Waals surface area contributed by atoms with Gasteiger partial charge in [-0.3, -0.25) is 4.79 Å². The molecule has 0 heterocycles. The summed E-state index contributed by atoms with van der Waals surface area (Å²) >= 11 is 9.80. The molecule has 0 radical (unpaired) electrons.